The van der Waals surface area contributed by atoms with Crippen molar-refractivity contribution < 1.29 is 37.9 Å². The Hall–Kier alpha value is -5.96. The molecule has 0 saturated heterocycles. The van der Waals surface area contributed by atoms with E-state index in [2.05, 4.69) is 0 Å². The Balaban J connectivity index is 1.11. The lowest BCUT2D eigenvalue weighted by Gasteiger charge is -2.14. The molecule has 0 aliphatic heterocycles. The van der Waals surface area contributed by atoms with Gasteiger partial charge >= 0.3 is 17.9 Å². The standard InChI is InChI=1S/C39H37N2O7/c1-26-6-8-29(9-7-26)38(43)47-35-18-19-36(28(3)27(35)2)48-39(44)31-12-16-34(17-13-31)46-37(42)30-10-14-33(15-11-30)45-25-24-41-22-20-32(21-23-41)40(4)5/h6-23H,24-25H2,1-5H3/q+1. The highest BCUT2D eigenvalue weighted by Gasteiger charge is 2.17. The van der Waals surface area contributed by atoms with Gasteiger partial charge in [-0.2, -0.15) is 0 Å². The first kappa shape index (κ1) is 33.4. The number of carbonyl (C=O) groups is 3. The second-order valence-corrected chi connectivity index (χ2v) is 11.4. The Labute approximate surface area is 279 Å². The van der Waals surface area contributed by atoms with Crippen LogP contribution in [-0.2, 0) is 6.54 Å². The van der Waals surface area contributed by atoms with Crippen molar-refractivity contribution in [3.63, 3.8) is 0 Å². The normalized spacial score (nSPS) is 10.6. The second kappa shape index (κ2) is 15.1. The number of esters is 3. The smallest absolute Gasteiger partial charge is 0.343 e. The molecular formula is C39H37N2O7+. The summed E-state index contributed by atoms with van der Waals surface area (Å²) in [4.78, 5) is 40.2. The number of rotatable bonds is 11. The third-order valence-corrected chi connectivity index (χ3v) is 7.78. The van der Waals surface area contributed by atoms with Crippen molar-refractivity contribution in [1.82, 2.24) is 0 Å². The fourth-order valence-corrected chi connectivity index (χ4v) is 4.68. The lowest BCUT2D eigenvalue weighted by molar-refractivity contribution is -0.697. The van der Waals surface area contributed by atoms with Crippen LogP contribution in [0.1, 0.15) is 47.8 Å². The number of hydrogen-bond acceptors (Lipinski definition) is 8. The molecule has 0 unspecified atom stereocenters. The van der Waals surface area contributed by atoms with E-state index in [9.17, 15) is 14.4 Å². The van der Waals surface area contributed by atoms with E-state index in [0.717, 1.165) is 11.3 Å². The van der Waals surface area contributed by atoms with Gasteiger partial charge in [-0.1, -0.05) is 17.7 Å². The molecule has 0 fully saturated rings. The highest BCUT2D eigenvalue weighted by atomic mass is 16.5. The van der Waals surface area contributed by atoms with E-state index in [1.54, 1.807) is 62.4 Å². The van der Waals surface area contributed by atoms with Crippen molar-refractivity contribution in [3.8, 4) is 23.0 Å². The number of anilines is 1. The Morgan fingerprint density at radius 2 is 1.00 bits per heavy atom. The third kappa shape index (κ3) is 8.44. The highest BCUT2D eigenvalue weighted by molar-refractivity contribution is 5.93. The summed E-state index contributed by atoms with van der Waals surface area (Å²) in [6, 6.07) is 27.2. The average molecular weight is 646 g/mol. The maximum absolute atomic E-state index is 12.9. The molecule has 0 aliphatic rings. The van der Waals surface area contributed by atoms with Gasteiger partial charge in [-0.3, -0.25) is 0 Å². The number of benzene rings is 4. The van der Waals surface area contributed by atoms with Gasteiger partial charge in [0.2, 0.25) is 0 Å². The molecule has 0 atom stereocenters. The maximum atomic E-state index is 12.9. The van der Waals surface area contributed by atoms with Crippen molar-refractivity contribution in [2.75, 3.05) is 25.6 Å². The summed E-state index contributed by atoms with van der Waals surface area (Å²) in [5, 5.41) is 0. The van der Waals surface area contributed by atoms with Crippen LogP contribution in [0.2, 0.25) is 0 Å². The first-order valence-electron chi connectivity index (χ1n) is 15.4. The summed E-state index contributed by atoms with van der Waals surface area (Å²) in [5.41, 5.74) is 4.58. The van der Waals surface area contributed by atoms with Gasteiger partial charge in [-0.25, -0.2) is 19.0 Å². The van der Waals surface area contributed by atoms with Gasteiger partial charge in [-0.05, 0) is 105 Å². The first-order chi connectivity index (χ1) is 23.1. The predicted molar refractivity (Wildman–Crippen MR) is 181 cm³/mol. The Morgan fingerprint density at radius 1 is 0.562 bits per heavy atom. The predicted octanol–water partition coefficient (Wildman–Crippen LogP) is 6.70. The van der Waals surface area contributed by atoms with Crippen LogP contribution in [0.25, 0.3) is 0 Å². The molecule has 48 heavy (non-hydrogen) atoms. The Morgan fingerprint density at radius 3 is 1.48 bits per heavy atom. The molecule has 1 heterocycles. The molecule has 9 nitrogen and oxygen atoms in total. The van der Waals surface area contributed by atoms with Crippen LogP contribution in [0.4, 0.5) is 5.69 Å². The number of aromatic nitrogens is 1. The van der Waals surface area contributed by atoms with Crippen molar-refractivity contribution in [2.45, 2.75) is 27.3 Å². The van der Waals surface area contributed by atoms with Crippen molar-refractivity contribution >= 4 is 23.6 Å². The number of pyridine rings is 1. The van der Waals surface area contributed by atoms with Gasteiger partial charge in [0.1, 0.15) is 29.6 Å². The van der Waals surface area contributed by atoms with Gasteiger partial charge in [-0.15, -0.1) is 0 Å². The lowest BCUT2D eigenvalue weighted by atomic mass is 10.1. The van der Waals surface area contributed by atoms with Crippen molar-refractivity contribution in [2.24, 2.45) is 0 Å². The molecule has 1 aromatic heterocycles. The second-order valence-electron chi connectivity index (χ2n) is 11.4. The van der Waals surface area contributed by atoms with Crippen molar-refractivity contribution in [1.29, 1.82) is 0 Å². The zero-order valence-corrected chi connectivity index (χ0v) is 27.6. The van der Waals surface area contributed by atoms with E-state index >= 15 is 0 Å². The van der Waals surface area contributed by atoms with Crippen LogP contribution in [0.3, 0.4) is 0 Å². The maximum Gasteiger partial charge on any atom is 0.343 e. The van der Waals surface area contributed by atoms with Crippen LogP contribution in [0.5, 0.6) is 23.0 Å². The molecule has 244 valence electrons. The summed E-state index contributed by atoms with van der Waals surface area (Å²) >= 11 is 0. The molecular weight excluding hydrogens is 608 g/mol. The van der Waals surface area contributed by atoms with E-state index in [0.29, 0.717) is 52.7 Å². The van der Waals surface area contributed by atoms with Gasteiger partial charge < -0.3 is 23.8 Å². The fourth-order valence-electron chi connectivity index (χ4n) is 4.68. The number of ether oxygens (including phenoxy) is 4. The molecule has 0 spiro atoms. The van der Waals surface area contributed by atoms with Gasteiger partial charge in [0.15, 0.2) is 18.9 Å². The molecule has 5 rings (SSSR count). The Kier molecular flexibility index (Phi) is 10.5. The van der Waals surface area contributed by atoms with E-state index in [-0.39, 0.29) is 11.3 Å². The molecule has 0 radical (unpaired) electrons. The first-order valence-corrected chi connectivity index (χ1v) is 15.4. The number of nitrogens with zero attached hydrogens (tertiary/aromatic N) is 2. The van der Waals surface area contributed by atoms with Crippen LogP contribution in [0, 0.1) is 20.8 Å². The van der Waals surface area contributed by atoms with Gasteiger partial charge in [0.25, 0.3) is 0 Å². The minimum Gasteiger partial charge on any atom is -0.487 e. The Bertz CT molecular complexity index is 1900. The van der Waals surface area contributed by atoms with Crippen LogP contribution >= 0.6 is 0 Å². The third-order valence-electron chi connectivity index (χ3n) is 7.78. The summed E-state index contributed by atoms with van der Waals surface area (Å²) in [7, 11) is 4.00. The number of aryl methyl sites for hydroxylation is 1. The monoisotopic (exact) mass is 645 g/mol. The van der Waals surface area contributed by atoms with Crippen LogP contribution in [0.15, 0.2) is 109 Å². The lowest BCUT2D eigenvalue weighted by Crippen LogP contribution is -2.35. The molecule has 0 aliphatic carbocycles. The minimum absolute atomic E-state index is 0.273. The topological polar surface area (TPSA) is 95.2 Å². The molecule has 0 bridgehead atoms. The van der Waals surface area contributed by atoms with Crippen LogP contribution in [-0.4, -0.2) is 38.6 Å². The number of carbonyl (C=O) groups excluding carboxylic acids is 3. The fraction of sp³-hybridized carbons (Fsp3) is 0.179. The van der Waals surface area contributed by atoms with Crippen molar-refractivity contribution in [3.05, 3.63) is 143 Å². The van der Waals surface area contributed by atoms with E-state index in [4.69, 9.17) is 18.9 Å². The summed E-state index contributed by atoms with van der Waals surface area (Å²) in [6.07, 6.45) is 4.01. The minimum atomic E-state index is -0.584. The molecule has 0 saturated carbocycles. The zero-order valence-electron chi connectivity index (χ0n) is 27.6. The van der Waals surface area contributed by atoms with E-state index < -0.39 is 17.9 Å². The molecule has 9 heteroatoms. The van der Waals surface area contributed by atoms with Gasteiger partial charge in [0.05, 0.1) is 16.7 Å². The van der Waals surface area contributed by atoms with E-state index in [1.807, 2.05) is 67.1 Å². The largest absolute Gasteiger partial charge is 0.487 e. The molecule has 4 aromatic carbocycles. The zero-order chi connectivity index (χ0) is 34.2. The molecule has 0 N–H and O–H groups in total. The average Bonchev–Trinajstić information content (AvgIpc) is 3.09. The quantitative estimate of drug-likeness (QED) is 0.0890. The number of hydrogen-bond donors (Lipinski definition) is 0. The summed E-state index contributed by atoms with van der Waals surface area (Å²) in [6.45, 7) is 6.67. The van der Waals surface area contributed by atoms with Gasteiger partial charge in [0, 0.05) is 31.9 Å². The van der Waals surface area contributed by atoms with Crippen LogP contribution < -0.4 is 28.4 Å². The SMILES string of the molecule is Cc1ccc(C(=O)Oc2ccc(OC(=O)c3ccc(OC(=O)c4ccc(OCC[n+]5ccc(N(C)C)cc5)cc4)cc3)c(C)c2C)cc1. The van der Waals surface area contributed by atoms with E-state index in [1.165, 1.54) is 24.3 Å². The summed E-state index contributed by atoms with van der Waals surface area (Å²) in [5.74, 6) is 0.0494. The molecule has 5 aromatic rings. The molecule has 0 amide bonds. The summed E-state index contributed by atoms with van der Waals surface area (Å²) < 4.78 is 24.6. The highest BCUT2D eigenvalue weighted by Crippen LogP contribution is 2.30.